The molecule has 0 unspecified atom stereocenters. The number of nitrogens with one attached hydrogen (secondary N) is 2. The second-order valence-electron chi connectivity index (χ2n) is 4.90. The molecule has 0 saturated carbocycles. The molecule has 0 aliphatic heterocycles. The van der Waals surface area contributed by atoms with E-state index in [-0.39, 0.29) is 10.7 Å². The van der Waals surface area contributed by atoms with Crippen LogP contribution in [-0.2, 0) is 4.79 Å². The average molecular weight is 344 g/mol. The molecule has 0 aromatic heterocycles. The minimum atomic E-state index is -1.01. The number of ether oxygens (including phenoxy) is 1. The highest BCUT2D eigenvalue weighted by atomic mass is 32.1. The van der Waals surface area contributed by atoms with Crippen LogP contribution in [0.15, 0.2) is 54.6 Å². The maximum atomic E-state index is 12.1. The van der Waals surface area contributed by atoms with E-state index in [4.69, 9.17) is 22.1 Å². The highest BCUT2D eigenvalue weighted by Crippen LogP contribution is 2.11. The van der Waals surface area contributed by atoms with Crippen molar-refractivity contribution in [3.05, 3.63) is 60.2 Å². The molecule has 0 radical (unpaired) electrons. The number of rotatable bonds is 5. The van der Waals surface area contributed by atoms with Crippen molar-refractivity contribution in [1.29, 1.82) is 0 Å². The van der Waals surface area contributed by atoms with Crippen molar-refractivity contribution in [2.75, 3.05) is 5.32 Å². The number of carboxylic acid groups (broad SMARTS) is 1. The van der Waals surface area contributed by atoms with Crippen LogP contribution >= 0.6 is 12.2 Å². The fourth-order valence-electron chi connectivity index (χ4n) is 1.83. The van der Waals surface area contributed by atoms with Crippen molar-refractivity contribution in [1.82, 2.24) is 5.32 Å². The third-order valence-corrected chi connectivity index (χ3v) is 3.26. The van der Waals surface area contributed by atoms with Crippen molar-refractivity contribution >= 4 is 34.9 Å². The Morgan fingerprint density at radius 3 is 2.29 bits per heavy atom. The third kappa shape index (κ3) is 5.06. The lowest BCUT2D eigenvalue weighted by molar-refractivity contribution is -0.125. The van der Waals surface area contributed by atoms with Crippen LogP contribution in [0.2, 0.25) is 0 Å². The molecule has 0 aliphatic carbocycles. The predicted octanol–water partition coefficient (Wildman–Crippen LogP) is 2.67. The maximum absolute atomic E-state index is 12.1. The van der Waals surface area contributed by atoms with Crippen molar-refractivity contribution in [2.45, 2.75) is 13.0 Å². The monoisotopic (exact) mass is 344 g/mol. The number of carboxylic acids is 1. The Hall–Kier alpha value is -2.93. The molecular formula is C17H16N2O4S. The molecule has 0 bridgehead atoms. The standard InChI is InChI=1S/C17H16N2O4S/c1-11(23-14-5-3-2-4-6-14)15(20)19-17(24)18-13-9-7-12(8-10-13)16(21)22/h2-11H,1H3,(H,21,22)(H2,18,19,20,24)/t11-/m0/s1. The number of aromatic carboxylic acids is 1. The summed E-state index contributed by atoms with van der Waals surface area (Å²) in [5, 5.41) is 14.3. The van der Waals surface area contributed by atoms with E-state index in [0.29, 0.717) is 11.4 Å². The molecule has 2 rings (SSSR count). The minimum absolute atomic E-state index is 0.103. The number of anilines is 1. The summed E-state index contributed by atoms with van der Waals surface area (Å²) in [5.41, 5.74) is 0.738. The number of para-hydroxylation sites is 1. The van der Waals surface area contributed by atoms with E-state index >= 15 is 0 Å². The summed E-state index contributed by atoms with van der Waals surface area (Å²) in [4.78, 5) is 22.8. The van der Waals surface area contributed by atoms with Crippen LogP contribution in [0.4, 0.5) is 5.69 Å². The lowest BCUT2D eigenvalue weighted by atomic mass is 10.2. The number of amides is 1. The molecule has 0 spiro atoms. The SMILES string of the molecule is C[C@H](Oc1ccccc1)C(=O)NC(=S)Nc1ccc(C(=O)O)cc1. The van der Waals surface area contributed by atoms with Crippen LogP contribution in [0.1, 0.15) is 17.3 Å². The minimum Gasteiger partial charge on any atom is -0.481 e. The second kappa shape index (κ2) is 8.07. The quantitative estimate of drug-likeness (QED) is 0.723. The molecule has 6 nitrogen and oxygen atoms in total. The summed E-state index contributed by atoms with van der Waals surface area (Å²) < 4.78 is 5.50. The molecule has 1 atom stereocenters. The zero-order chi connectivity index (χ0) is 17.5. The zero-order valence-electron chi connectivity index (χ0n) is 12.9. The van der Waals surface area contributed by atoms with Crippen LogP contribution < -0.4 is 15.4 Å². The van der Waals surface area contributed by atoms with Gasteiger partial charge in [-0.2, -0.15) is 0 Å². The van der Waals surface area contributed by atoms with Gasteiger partial charge < -0.3 is 15.2 Å². The first-order valence-corrected chi connectivity index (χ1v) is 7.53. The molecule has 2 aromatic carbocycles. The van der Waals surface area contributed by atoms with Gasteiger partial charge in [0.1, 0.15) is 5.75 Å². The Kier molecular flexibility index (Phi) is 5.86. The molecule has 0 fully saturated rings. The van der Waals surface area contributed by atoms with Gasteiger partial charge in [-0.15, -0.1) is 0 Å². The second-order valence-corrected chi connectivity index (χ2v) is 5.31. The molecule has 0 saturated heterocycles. The van der Waals surface area contributed by atoms with Gasteiger partial charge in [0.2, 0.25) is 0 Å². The molecule has 3 N–H and O–H groups in total. The Labute approximate surface area is 144 Å². The van der Waals surface area contributed by atoms with Crippen molar-refractivity contribution in [3.8, 4) is 5.75 Å². The van der Waals surface area contributed by atoms with Gasteiger partial charge in [-0.3, -0.25) is 10.1 Å². The largest absolute Gasteiger partial charge is 0.481 e. The summed E-state index contributed by atoms with van der Waals surface area (Å²) in [6.45, 7) is 1.62. The Morgan fingerprint density at radius 1 is 1.08 bits per heavy atom. The normalized spacial score (nSPS) is 11.2. The van der Waals surface area contributed by atoms with Crippen LogP contribution in [0.3, 0.4) is 0 Å². The van der Waals surface area contributed by atoms with Crippen LogP contribution in [0, 0.1) is 0 Å². The van der Waals surface area contributed by atoms with Gasteiger partial charge in [0.25, 0.3) is 5.91 Å². The van der Waals surface area contributed by atoms with Crippen LogP contribution in [0.25, 0.3) is 0 Å². The van der Waals surface area contributed by atoms with Gasteiger partial charge in [0, 0.05) is 5.69 Å². The number of hydrogen-bond donors (Lipinski definition) is 3. The number of thiocarbonyl (C=S) groups is 1. The van der Waals surface area contributed by atoms with Gasteiger partial charge in [-0.1, -0.05) is 18.2 Å². The number of hydrogen-bond acceptors (Lipinski definition) is 4. The highest BCUT2D eigenvalue weighted by molar-refractivity contribution is 7.80. The molecule has 1 amide bonds. The summed E-state index contributed by atoms with van der Waals surface area (Å²) in [6, 6.07) is 15.0. The Balaban J connectivity index is 1.86. The molecule has 0 heterocycles. The summed E-state index contributed by atoms with van der Waals surface area (Å²) in [6.07, 6.45) is -0.721. The summed E-state index contributed by atoms with van der Waals surface area (Å²) in [5.74, 6) is -0.814. The van der Waals surface area contributed by atoms with E-state index in [0.717, 1.165) is 0 Å². The zero-order valence-corrected chi connectivity index (χ0v) is 13.7. The molecule has 24 heavy (non-hydrogen) atoms. The molecule has 2 aromatic rings. The average Bonchev–Trinajstić information content (AvgIpc) is 2.56. The van der Waals surface area contributed by atoms with Crippen molar-refractivity contribution in [2.24, 2.45) is 0 Å². The fourth-order valence-corrected chi connectivity index (χ4v) is 2.05. The topological polar surface area (TPSA) is 87.7 Å². The Morgan fingerprint density at radius 2 is 1.71 bits per heavy atom. The number of benzene rings is 2. The molecule has 124 valence electrons. The first-order chi connectivity index (χ1) is 11.5. The molecular weight excluding hydrogens is 328 g/mol. The van der Waals surface area contributed by atoms with Gasteiger partial charge in [-0.05, 0) is 55.5 Å². The van der Waals surface area contributed by atoms with Gasteiger partial charge in [0.15, 0.2) is 11.2 Å². The molecule has 0 aliphatic rings. The van der Waals surface area contributed by atoms with Gasteiger partial charge in [0.05, 0.1) is 5.56 Å². The van der Waals surface area contributed by atoms with E-state index in [1.54, 1.807) is 31.2 Å². The van der Waals surface area contributed by atoms with E-state index < -0.39 is 18.0 Å². The number of carbonyl (C=O) groups is 2. The smallest absolute Gasteiger partial charge is 0.335 e. The summed E-state index contributed by atoms with van der Waals surface area (Å²) >= 11 is 5.07. The number of carbonyl (C=O) groups excluding carboxylic acids is 1. The Bertz CT molecular complexity index is 732. The van der Waals surface area contributed by atoms with E-state index in [9.17, 15) is 9.59 Å². The lowest BCUT2D eigenvalue weighted by Crippen LogP contribution is -2.42. The first-order valence-electron chi connectivity index (χ1n) is 7.12. The van der Waals surface area contributed by atoms with Gasteiger partial charge >= 0.3 is 5.97 Å². The van der Waals surface area contributed by atoms with Gasteiger partial charge in [-0.25, -0.2) is 4.79 Å². The van der Waals surface area contributed by atoms with Crippen LogP contribution in [-0.4, -0.2) is 28.2 Å². The summed E-state index contributed by atoms with van der Waals surface area (Å²) in [7, 11) is 0. The third-order valence-electron chi connectivity index (χ3n) is 3.05. The van der Waals surface area contributed by atoms with Crippen LogP contribution in [0.5, 0.6) is 5.75 Å². The maximum Gasteiger partial charge on any atom is 0.335 e. The first kappa shape index (κ1) is 17.4. The lowest BCUT2D eigenvalue weighted by Gasteiger charge is -2.15. The fraction of sp³-hybridized carbons (Fsp3) is 0.118. The van der Waals surface area contributed by atoms with Crippen molar-refractivity contribution < 1.29 is 19.4 Å². The predicted molar refractivity (Wildman–Crippen MR) is 94.3 cm³/mol. The highest BCUT2D eigenvalue weighted by Gasteiger charge is 2.16. The molecule has 7 heteroatoms. The van der Waals surface area contributed by atoms with E-state index in [1.807, 2.05) is 18.2 Å². The van der Waals surface area contributed by atoms with E-state index in [2.05, 4.69) is 10.6 Å². The van der Waals surface area contributed by atoms with E-state index in [1.165, 1.54) is 12.1 Å². The van der Waals surface area contributed by atoms with Crippen molar-refractivity contribution in [3.63, 3.8) is 0 Å².